The van der Waals surface area contributed by atoms with Crippen molar-refractivity contribution >= 4 is 21.6 Å². The molecule has 0 aromatic heterocycles. The highest BCUT2D eigenvalue weighted by atomic mass is 32.2. The maximum absolute atomic E-state index is 12.7. The number of rotatable bonds is 8. The monoisotopic (exact) mass is 388 g/mol. The van der Waals surface area contributed by atoms with E-state index in [-0.39, 0.29) is 25.4 Å². The maximum Gasteiger partial charge on any atom is 0.228 e. The van der Waals surface area contributed by atoms with Gasteiger partial charge in [0.15, 0.2) is 0 Å². The second-order valence-corrected chi connectivity index (χ2v) is 8.80. The summed E-state index contributed by atoms with van der Waals surface area (Å²) in [6.07, 6.45) is 1.33. The van der Waals surface area contributed by atoms with Crippen molar-refractivity contribution in [3.8, 4) is 0 Å². The third kappa shape index (κ3) is 6.19. The fourth-order valence-corrected chi connectivity index (χ4v) is 3.84. The standard InChI is InChI=1S/C21H28N2O3S/c1-5-23(20-11-7-9-18(3)15-20)21(24)12-13-22(27(4,25)26)16-19-10-6-8-17(2)14-19/h6-11,14-15H,5,12-13,16H2,1-4H3. The molecule has 1 amide bonds. The van der Waals surface area contributed by atoms with Crippen LogP contribution in [0.15, 0.2) is 48.5 Å². The third-order valence-electron chi connectivity index (χ3n) is 4.42. The molecule has 6 heteroatoms. The number of hydrogen-bond donors (Lipinski definition) is 0. The first kappa shape index (κ1) is 21.1. The van der Waals surface area contributed by atoms with Gasteiger partial charge in [-0.2, -0.15) is 4.31 Å². The molecular formula is C21H28N2O3S. The summed E-state index contributed by atoms with van der Waals surface area (Å²) in [7, 11) is -3.41. The van der Waals surface area contributed by atoms with Crippen LogP contribution in [0.3, 0.4) is 0 Å². The van der Waals surface area contributed by atoms with Crippen molar-refractivity contribution in [3.63, 3.8) is 0 Å². The lowest BCUT2D eigenvalue weighted by Crippen LogP contribution is -2.36. The predicted molar refractivity (Wildman–Crippen MR) is 110 cm³/mol. The average Bonchev–Trinajstić information content (AvgIpc) is 2.58. The number of anilines is 1. The number of aryl methyl sites for hydroxylation is 2. The Labute approximate surface area is 162 Å². The molecule has 2 aromatic carbocycles. The van der Waals surface area contributed by atoms with E-state index >= 15 is 0 Å². The molecule has 0 aliphatic carbocycles. The van der Waals surface area contributed by atoms with Gasteiger partial charge in [0.05, 0.1) is 6.26 Å². The first-order valence-electron chi connectivity index (χ1n) is 9.08. The minimum Gasteiger partial charge on any atom is -0.313 e. The van der Waals surface area contributed by atoms with Crippen LogP contribution < -0.4 is 4.90 Å². The van der Waals surface area contributed by atoms with Gasteiger partial charge in [-0.05, 0) is 44.0 Å². The maximum atomic E-state index is 12.7. The molecule has 0 aliphatic heterocycles. The van der Waals surface area contributed by atoms with Gasteiger partial charge in [0, 0.05) is 31.7 Å². The Morgan fingerprint density at radius 1 is 1.00 bits per heavy atom. The minimum atomic E-state index is -3.41. The van der Waals surface area contributed by atoms with Crippen LogP contribution in [0.2, 0.25) is 0 Å². The molecule has 0 atom stereocenters. The Morgan fingerprint density at radius 3 is 2.19 bits per heavy atom. The molecule has 5 nitrogen and oxygen atoms in total. The van der Waals surface area contributed by atoms with Crippen molar-refractivity contribution in [1.82, 2.24) is 4.31 Å². The molecule has 0 radical (unpaired) electrons. The van der Waals surface area contributed by atoms with Crippen LogP contribution in [0.4, 0.5) is 5.69 Å². The zero-order chi connectivity index (χ0) is 20.0. The second kappa shape index (κ2) is 9.15. The van der Waals surface area contributed by atoms with Gasteiger partial charge in [0.2, 0.25) is 15.9 Å². The highest BCUT2D eigenvalue weighted by Gasteiger charge is 2.21. The lowest BCUT2D eigenvalue weighted by Gasteiger charge is -2.24. The summed E-state index contributed by atoms with van der Waals surface area (Å²) in [5, 5.41) is 0. The van der Waals surface area contributed by atoms with Gasteiger partial charge in [-0.15, -0.1) is 0 Å². The molecule has 27 heavy (non-hydrogen) atoms. The summed E-state index contributed by atoms with van der Waals surface area (Å²) in [6.45, 7) is 6.84. The SMILES string of the molecule is CCN(C(=O)CCN(Cc1cccc(C)c1)S(C)(=O)=O)c1cccc(C)c1. The molecule has 0 fully saturated rings. The highest BCUT2D eigenvalue weighted by Crippen LogP contribution is 2.18. The molecule has 0 saturated carbocycles. The first-order valence-corrected chi connectivity index (χ1v) is 10.9. The van der Waals surface area contributed by atoms with Crippen molar-refractivity contribution in [1.29, 1.82) is 0 Å². The zero-order valence-corrected chi connectivity index (χ0v) is 17.3. The van der Waals surface area contributed by atoms with Crippen molar-refractivity contribution in [3.05, 3.63) is 65.2 Å². The van der Waals surface area contributed by atoms with Crippen molar-refractivity contribution in [2.45, 2.75) is 33.7 Å². The summed E-state index contributed by atoms with van der Waals surface area (Å²) in [5.41, 5.74) is 3.91. The summed E-state index contributed by atoms with van der Waals surface area (Å²) in [6, 6.07) is 15.5. The number of carbonyl (C=O) groups is 1. The lowest BCUT2D eigenvalue weighted by atomic mass is 10.1. The Kier molecular flexibility index (Phi) is 7.16. The van der Waals surface area contributed by atoms with Crippen LogP contribution in [-0.4, -0.2) is 38.0 Å². The normalized spacial score (nSPS) is 11.6. The van der Waals surface area contributed by atoms with Gasteiger partial charge in [0.1, 0.15) is 0 Å². The molecule has 0 N–H and O–H groups in total. The predicted octanol–water partition coefficient (Wildman–Crippen LogP) is 3.51. The quantitative estimate of drug-likeness (QED) is 0.695. The van der Waals surface area contributed by atoms with Crippen LogP contribution in [0.5, 0.6) is 0 Å². The van der Waals surface area contributed by atoms with E-state index in [9.17, 15) is 13.2 Å². The Balaban J connectivity index is 2.10. The lowest BCUT2D eigenvalue weighted by molar-refractivity contribution is -0.118. The number of sulfonamides is 1. The van der Waals surface area contributed by atoms with Gasteiger partial charge < -0.3 is 4.90 Å². The van der Waals surface area contributed by atoms with Crippen molar-refractivity contribution < 1.29 is 13.2 Å². The largest absolute Gasteiger partial charge is 0.313 e. The number of benzene rings is 2. The van der Waals surface area contributed by atoms with Gasteiger partial charge >= 0.3 is 0 Å². The Morgan fingerprint density at radius 2 is 1.63 bits per heavy atom. The number of carbonyl (C=O) groups excluding carboxylic acids is 1. The molecule has 2 aromatic rings. The van der Waals surface area contributed by atoms with E-state index < -0.39 is 10.0 Å². The van der Waals surface area contributed by atoms with Crippen LogP contribution in [-0.2, 0) is 21.4 Å². The average molecular weight is 389 g/mol. The van der Waals surface area contributed by atoms with Crippen molar-refractivity contribution in [2.75, 3.05) is 24.2 Å². The molecular weight excluding hydrogens is 360 g/mol. The van der Waals surface area contributed by atoms with Gasteiger partial charge in [-0.25, -0.2) is 8.42 Å². The fraction of sp³-hybridized carbons (Fsp3) is 0.381. The fourth-order valence-electron chi connectivity index (χ4n) is 3.03. The van der Waals surface area contributed by atoms with Gasteiger partial charge in [0.25, 0.3) is 0 Å². The zero-order valence-electron chi connectivity index (χ0n) is 16.5. The molecule has 0 bridgehead atoms. The molecule has 0 unspecified atom stereocenters. The smallest absolute Gasteiger partial charge is 0.228 e. The van der Waals surface area contributed by atoms with Crippen LogP contribution in [0.1, 0.15) is 30.0 Å². The Hall–Kier alpha value is -2.18. The van der Waals surface area contributed by atoms with E-state index in [2.05, 4.69) is 0 Å². The van der Waals surface area contributed by atoms with Gasteiger partial charge in [-0.1, -0.05) is 42.0 Å². The number of hydrogen-bond acceptors (Lipinski definition) is 3. The summed E-state index contributed by atoms with van der Waals surface area (Å²) in [5.74, 6) is -0.0824. The van der Waals surface area contributed by atoms with E-state index in [1.54, 1.807) is 4.90 Å². The van der Waals surface area contributed by atoms with E-state index in [4.69, 9.17) is 0 Å². The summed E-state index contributed by atoms with van der Waals surface area (Å²) in [4.78, 5) is 14.4. The molecule has 146 valence electrons. The van der Waals surface area contributed by atoms with Crippen LogP contribution in [0, 0.1) is 13.8 Å². The second-order valence-electron chi connectivity index (χ2n) is 6.81. The van der Waals surface area contributed by atoms with Crippen LogP contribution in [0.25, 0.3) is 0 Å². The number of amides is 1. The van der Waals surface area contributed by atoms with Crippen LogP contribution >= 0.6 is 0 Å². The van der Waals surface area contributed by atoms with E-state index in [1.807, 2.05) is 69.3 Å². The number of nitrogens with zero attached hydrogens (tertiary/aromatic N) is 2. The van der Waals surface area contributed by atoms with E-state index in [0.29, 0.717) is 6.54 Å². The van der Waals surface area contributed by atoms with E-state index in [0.717, 1.165) is 22.4 Å². The molecule has 2 rings (SSSR count). The summed E-state index contributed by atoms with van der Waals surface area (Å²) >= 11 is 0. The Bertz CT molecular complexity index is 894. The summed E-state index contributed by atoms with van der Waals surface area (Å²) < 4.78 is 25.7. The topological polar surface area (TPSA) is 57.7 Å². The first-order chi connectivity index (χ1) is 12.7. The molecule has 0 heterocycles. The minimum absolute atomic E-state index is 0.0824. The van der Waals surface area contributed by atoms with Crippen molar-refractivity contribution in [2.24, 2.45) is 0 Å². The van der Waals surface area contributed by atoms with E-state index in [1.165, 1.54) is 10.6 Å². The molecule has 0 spiro atoms. The molecule has 0 saturated heterocycles. The third-order valence-corrected chi connectivity index (χ3v) is 5.67. The van der Waals surface area contributed by atoms with Gasteiger partial charge in [-0.3, -0.25) is 4.79 Å². The highest BCUT2D eigenvalue weighted by molar-refractivity contribution is 7.88. The molecule has 0 aliphatic rings.